The Morgan fingerprint density at radius 2 is 2.17 bits per heavy atom. The quantitative estimate of drug-likeness (QED) is 0.889. The van der Waals surface area contributed by atoms with Crippen LogP contribution in [0.2, 0.25) is 0 Å². The molecule has 3 rings (SSSR count). The lowest BCUT2D eigenvalue weighted by molar-refractivity contribution is -0.0180. The number of hydrogen-bond donors (Lipinski definition) is 2. The summed E-state index contributed by atoms with van der Waals surface area (Å²) in [6, 6.07) is 11.3. The van der Waals surface area contributed by atoms with Gasteiger partial charge in [-0.2, -0.15) is 0 Å². The second-order valence-electron chi connectivity index (χ2n) is 7.00. The lowest BCUT2D eigenvalue weighted by atomic mass is 10.0. The third-order valence-corrected chi connectivity index (χ3v) is 5.01. The minimum atomic E-state index is 0.0596. The molecule has 3 atom stereocenters. The first-order valence-electron chi connectivity index (χ1n) is 9.15. The molecule has 2 aliphatic heterocycles. The molecule has 132 valence electrons. The molecule has 3 unspecified atom stereocenters. The van der Waals surface area contributed by atoms with Crippen molar-refractivity contribution in [3.05, 3.63) is 35.9 Å². The van der Waals surface area contributed by atoms with Crippen LogP contribution in [0.25, 0.3) is 0 Å². The number of nitrogens with one attached hydrogen (secondary N) is 2. The summed E-state index contributed by atoms with van der Waals surface area (Å²) in [6.45, 7) is 5.07. The van der Waals surface area contributed by atoms with E-state index in [1.165, 1.54) is 5.56 Å². The first kappa shape index (κ1) is 17.2. The maximum atomic E-state index is 12.5. The number of hydrogen-bond acceptors (Lipinski definition) is 3. The van der Waals surface area contributed by atoms with Gasteiger partial charge in [0.15, 0.2) is 0 Å². The van der Waals surface area contributed by atoms with E-state index in [1.54, 1.807) is 0 Å². The fourth-order valence-corrected chi connectivity index (χ4v) is 3.44. The van der Waals surface area contributed by atoms with Crippen LogP contribution in [0.3, 0.4) is 0 Å². The van der Waals surface area contributed by atoms with Crippen molar-refractivity contribution in [2.45, 2.75) is 50.8 Å². The van der Waals surface area contributed by atoms with E-state index in [-0.39, 0.29) is 18.2 Å². The van der Waals surface area contributed by atoms with Gasteiger partial charge in [-0.3, -0.25) is 0 Å². The molecule has 2 fully saturated rings. The minimum Gasteiger partial charge on any atom is -0.375 e. The number of benzene rings is 1. The Morgan fingerprint density at radius 3 is 2.92 bits per heavy atom. The van der Waals surface area contributed by atoms with Gasteiger partial charge in [-0.15, -0.1) is 0 Å². The topological polar surface area (TPSA) is 53.6 Å². The van der Waals surface area contributed by atoms with E-state index in [4.69, 9.17) is 4.74 Å². The van der Waals surface area contributed by atoms with Crippen LogP contribution in [0.1, 0.15) is 31.7 Å². The van der Waals surface area contributed by atoms with Gasteiger partial charge in [0.05, 0.1) is 12.7 Å². The number of piperidine rings is 1. The van der Waals surface area contributed by atoms with E-state index in [0.29, 0.717) is 25.7 Å². The second kappa shape index (κ2) is 8.49. The van der Waals surface area contributed by atoms with Gasteiger partial charge in [-0.1, -0.05) is 30.3 Å². The largest absolute Gasteiger partial charge is 0.375 e. The molecular weight excluding hydrogens is 302 g/mol. The number of ether oxygens (including phenoxy) is 1. The molecule has 0 bridgehead atoms. The van der Waals surface area contributed by atoms with Crippen molar-refractivity contribution in [1.29, 1.82) is 0 Å². The van der Waals surface area contributed by atoms with Crippen molar-refractivity contribution in [2.24, 2.45) is 0 Å². The van der Waals surface area contributed by atoms with E-state index >= 15 is 0 Å². The van der Waals surface area contributed by atoms with Crippen LogP contribution in [0.4, 0.5) is 4.79 Å². The highest BCUT2D eigenvalue weighted by Gasteiger charge is 2.26. The molecule has 0 saturated carbocycles. The third-order valence-electron chi connectivity index (χ3n) is 5.01. The maximum Gasteiger partial charge on any atom is 0.317 e. The number of aryl methyl sites for hydroxylation is 1. The first-order valence-corrected chi connectivity index (χ1v) is 9.15. The first-order chi connectivity index (χ1) is 11.7. The molecule has 5 heteroatoms. The smallest absolute Gasteiger partial charge is 0.317 e. The average molecular weight is 331 g/mol. The molecule has 24 heavy (non-hydrogen) atoms. The highest BCUT2D eigenvalue weighted by molar-refractivity contribution is 5.74. The van der Waals surface area contributed by atoms with Crippen molar-refractivity contribution < 1.29 is 9.53 Å². The van der Waals surface area contributed by atoms with Crippen LogP contribution in [0, 0.1) is 0 Å². The number of morpholine rings is 1. The van der Waals surface area contributed by atoms with E-state index < -0.39 is 0 Å². The molecule has 1 aromatic rings. The van der Waals surface area contributed by atoms with Crippen LogP contribution in [0.5, 0.6) is 0 Å². The molecule has 5 nitrogen and oxygen atoms in total. The molecule has 2 saturated heterocycles. The molecule has 0 aromatic heterocycles. The number of nitrogens with zero attached hydrogens (tertiary/aromatic N) is 1. The lowest BCUT2D eigenvalue weighted by Gasteiger charge is -2.35. The second-order valence-corrected chi connectivity index (χ2v) is 7.00. The monoisotopic (exact) mass is 331 g/mol. The normalized spacial score (nSPS) is 27.7. The molecule has 0 aliphatic carbocycles. The zero-order valence-corrected chi connectivity index (χ0v) is 14.5. The van der Waals surface area contributed by atoms with E-state index in [1.807, 2.05) is 11.0 Å². The third kappa shape index (κ3) is 4.95. The zero-order valence-electron chi connectivity index (χ0n) is 14.5. The Hall–Kier alpha value is -1.59. The van der Waals surface area contributed by atoms with Gasteiger partial charge in [0.2, 0.25) is 0 Å². The standard InChI is InChI=1S/C19H29N3O2/c1-15-7-9-17(13-20-15)21-19(23)22-11-12-24-18(14-22)10-8-16-5-3-2-4-6-16/h2-6,15,17-18,20H,7-14H2,1H3,(H,21,23). The summed E-state index contributed by atoms with van der Waals surface area (Å²) < 4.78 is 5.85. The number of carbonyl (C=O) groups excluding carboxylic acids is 1. The minimum absolute atomic E-state index is 0.0596. The Balaban J connectivity index is 1.43. The Bertz CT molecular complexity index is 515. The predicted molar refractivity (Wildman–Crippen MR) is 95.1 cm³/mol. The Labute approximate surface area is 144 Å². The summed E-state index contributed by atoms with van der Waals surface area (Å²) in [4.78, 5) is 14.4. The zero-order chi connectivity index (χ0) is 16.8. The van der Waals surface area contributed by atoms with Crippen molar-refractivity contribution >= 4 is 6.03 Å². The van der Waals surface area contributed by atoms with Crippen molar-refractivity contribution in [1.82, 2.24) is 15.5 Å². The molecule has 2 amide bonds. The molecule has 2 heterocycles. The fraction of sp³-hybridized carbons (Fsp3) is 0.632. The summed E-state index contributed by atoms with van der Waals surface area (Å²) in [6.07, 6.45) is 4.26. The van der Waals surface area contributed by atoms with Gasteiger partial charge in [-0.05, 0) is 38.2 Å². The molecule has 0 radical (unpaired) electrons. The van der Waals surface area contributed by atoms with Crippen LogP contribution in [-0.4, -0.2) is 55.4 Å². The van der Waals surface area contributed by atoms with Gasteiger partial charge in [-0.25, -0.2) is 4.79 Å². The van der Waals surface area contributed by atoms with Gasteiger partial charge >= 0.3 is 6.03 Å². The highest BCUT2D eigenvalue weighted by atomic mass is 16.5. The molecule has 1 aromatic carbocycles. The number of urea groups is 1. The average Bonchev–Trinajstić information content (AvgIpc) is 2.63. The van der Waals surface area contributed by atoms with Crippen LogP contribution in [0.15, 0.2) is 30.3 Å². The van der Waals surface area contributed by atoms with Gasteiger partial charge in [0.25, 0.3) is 0 Å². The summed E-state index contributed by atoms with van der Waals surface area (Å²) in [5, 5.41) is 6.60. The van der Waals surface area contributed by atoms with E-state index in [9.17, 15) is 4.79 Å². The van der Waals surface area contributed by atoms with Crippen molar-refractivity contribution in [3.8, 4) is 0 Å². The summed E-state index contributed by atoms with van der Waals surface area (Å²) in [5.74, 6) is 0. The van der Waals surface area contributed by atoms with Crippen LogP contribution >= 0.6 is 0 Å². The fourth-order valence-electron chi connectivity index (χ4n) is 3.44. The summed E-state index contributed by atoms with van der Waals surface area (Å²) >= 11 is 0. The highest BCUT2D eigenvalue weighted by Crippen LogP contribution is 2.14. The summed E-state index contributed by atoms with van der Waals surface area (Å²) in [7, 11) is 0. The van der Waals surface area contributed by atoms with Gasteiger partial charge < -0.3 is 20.3 Å². The van der Waals surface area contributed by atoms with Crippen molar-refractivity contribution in [2.75, 3.05) is 26.2 Å². The van der Waals surface area contributed by atoms with Crippen molar-refractivity contribution in [3.63, 3.8) is 0 Å². The van der Waals surface area contributed by atoms with Crippen LogP contribution in [-0.2, 0) is 11.2 Å². The number of amides is 2. The van der Waals surface area contributed by atoms with Crippen LogP contribution < -0.4 is 10.6 Å². The predicted octanol–water partition coefficient (Wildman–Crippen LogP) is 2.17. The molecule has 0 spiro atoms. The maximum absolute atomic E-state index is 12.5. The van der Waals surface area contributed by atoms with Gasteiger partial charge in [0.1, 0.15) is 0 Å². The Morgan fingerprint density at radius 1 is 1.33 bits per heavy atom. The summed E-state index contributed by atoms with van der Waals surface area (Å²) in [5.41, 5.74) is 1.32. The number of rotatable bonds is 4. The lowest BCUT2D eigenvalue weighted by Crippen LogP contribution is -2.55. The molecule has 2 N–H and O–H groups in total. The SMILES string of the molecule is CC1CCC(NC(=O)N2CCOC(CCc3ccccc3)C2)CN1. The molecular formula is C19H29N3O2. The van der Waals surface area contributed by atoms with Gasteiger partial charge in [0, 0.05) is 31.7 Å². The Kier molecular flexibility index (Phi) is 6.10. The van der Waals surface area contributed by atoms with E-state index in [0.717, 1.165) is 32.2 Å². The number of carbonyl (C=O) groups is 1. The van der Waals surface area contributed by atoms with E-state index in [2.05, 4.69) is 41.8 Å². The molecule has 2 aliphatic rings.